The highest BCUT2D eigenvalue weighted by Crippen LogP contribution is 2.43. The summed E-state index contributed by atoms with van der Waals surface area (Å²) >= 11 is 0. The lowest BCUT2D eigenvalue weighted by molar-refractivity contribution is -0.132. The molecule has 1 aliphatic rings. The molecule has 3 aromatic rings. The summed E-state index contributed by atoms with van der Waals surface area (Å²) < 4.78 is 34.3. The second kappa shape index (κ2) is 9.09. The van der Waals surface area contributed by atoms with Crippen molar-refractivity contribution >= 4 is 23.1 Å². The number of aryl methyl sites for hydroxylation is 2. The summed E-state index contributed by atoms with van der Waals surface area (Å²) in [4.78, 5) is 27.2. The first-order valence-corrected chi connectivity index (χ1v) is 10.8. The van der Waals surface area contributed by atoms with Crippen LogP contribution in [0.4, 0.5) is 14.5 Å². The summed E-state index contributed by atoms with van der Waals surface area (Å²) in [5, 5.41) is 11.2. The first-order valence-electron chi connectivity index (χ1n) is 10.8. The van der Waals surface area contributed by atoms with Gasteiger partial charge in [-0.2, -0.15) is 0 Å². The normalized spacial score (nSPS) is 17.3. The summed E-state index contributed by atoms with van der Waals surface area (Å²) in [6.45, 7) is 5.93. The highest BCUT2D eigenvalue weighted by Gasteiger charge is 2.47. The van der Waals surface area contributed by atoms with Crippen LogP contribution in [0.25, 0.3) is 5.76 Å². The molecule has 1 unspecified atom stereocenters. The Kier molecular flexibility index (Phi) is 6.20. The van der Waals surface area contributed by atoms with Crippen molar-refractivity contribution in [1.29, 1.82) is 0 Å². The van der Waals surface area contributed by atoms with E-state index in [0.717, 1.165) is 34.2 Å². The number of aliphatic hydroxyl groups is 1. The largest absolute Gasteiger partial charge is 0.507 e. The van der Waals surface area contributed by atoms with E-state index in [1.54, 1.807) is 43.3 Å². The molecule has 0 bridgehead atoms. The molecule has 1 saturated heterocycles. The lowest BCUT2D eigenvalue weighted by Gasteiger charge is -2.26. The molecule has 1 N–H and O–H groups in total. The zero-order valence-electron chi connectivity index (χ0n) is 18.9. The van der Waals surface area contributed by atoms with Crippen molar-refractivity contribution in [2.24, 2.45) is 0 Å². The molecule has 0 spiro atoms. The van der Waals surface area contributed by atoms with Gasteiger partial charge in [-0.25, -0.2) is 8.78 Å². The number of Topliss-reactive ketones (excluding diaryl/α,β-unsaturated/α-hetero) is 1. The Bertz CT molecular complexity index is 1330. The van der Waals surface area contributed by atoms with Crippen molar-refractivity contribution in [3.05, 3.63) is 100 Å². The molecule has 174 valence electrons. The molecule has 7 heteroatoms. The van der Waals surface area contributed by atoms with Gasteiger partial charge in [-0.05, 0) is 62.2 Å². The van der Waals surface area contributed by atoms with Crippen LogP contribution in [0.2, 0.25) is 0 Å². The van der Waals surface area contributed by atoms with E-state index in [9.17, 15) is 23.5 Å². The Morgan fingerprint density at radius 1 is 1.03 bits per heavy atom. The highest BCUT2D eigenvalue weighted by molar-refractivity contribution is 6.51. The van der Waals surface area contributed by atoms with Crippen molar-refractivity contribution < 1.29 is 28.2 Å². The van der Waals surface area contributed by atoms with Crippen molar-refractivity contribution in [1.82, 2.24) is 0 Å². The molecular formula is C27H23F2NO4. The van der Waals surface area contributed by atoms with Gasteiger partial charge in [0, 0.05) is 11.6 Å². The third-order valence-corrected chi connectivity index (χ3v) is 5.72. The van der Waals surface area contributed by atoms with Gasteiger partial charge < -0.3 is 9.84 Å². The molecule has 1 fully saturated rings. The Balaban J connectivity index is 1.95. The molecule has 3 aromatic carbocycles. The van der Waals surface area contributed by atoms with Crippen molar-refractivity contribution in [2.75, 3.05) is 11.5 Å². The SMILES string of the molecule is CCOc1ccc(/C(O)=C2\C(=O)C(=O)N(c3cc(F)ccc3F)C2c2cccc(C)c2)cc1C. The smallest absolute Gasteiger partial charge is 0.300 e. The van der Waals surface area contributed by atoms with E-state index in [2.05, 4.69) is 0 Å². The lowest BCUT2D eigenvalue weighted by Crippen LogP contribution is -2.30. The monoisotopic (exact) mass is 463 g/mol. The van der Waals surface area contributed by atoms with E-state index in [-0.39, 0.29) is 11.3 Å². The second-order valence-electron chi connectivity index (χ2n) is 8.09. The van der Waals surface area contributed by atoms with E-state index in [1.165, 1.54) is 0 Å². The molecule has 0 aliphatic carbocycles. The van der Waals surface area contributed by atoms with Crippen LogP contribution in [0, 0.1) is 25.5 Å². The Morgan fingerprint density at radius 2 is 1.79 bits per heavy atom. The van der Waals surface area contributed by atoms with Crippen molar-refractivity contribution in [3.63, 3.8) is 0 Å². The van der Waals surface area contributed by atoms with Gasteiger partial charge in [0.25, 0.3) is 11.7 Å². The number of halogens is 2. The minimum atomic E-state index is -1.15. The third kappa shape index (κ3) is 4.05. The van der Waals surface area contributed by atoms with Crippen LogP contribution in [0.1, 0.15) is 35.2 Å². The molecule has 0 saturated carbocycles. The average Bonchev–Trinajstić information content (AvgIpc) is 3.07. The number of hydrogen-bond acceptors (Lipinski definition) is 4. The minimum Gasteiger partial charge on any atom is -0.507 e. The number of amides is 1. The maximum Gasteiger partial charge on any atom is 0.300 e. The summed E-state index contributed by atoms with van der Waals surface area (Å²) in [5.41, 5.74) is 1.75. The molecule has 0 radical (unpaired) electrons. The van der Waals surface area contributed by atoms with Gasteiger partial charge in [0.1, 0.15) is 23.1 Å². The lowest BCUT2D eigenvalue weighted by atomic mass is 9.93. The molecule has 5 nitrogen and oxygen atoms in total. The first kappa shape index (κ1) is 23.2. The number of benzene rings is 3. The number of nitrogens with zero attached hydrogens (tertiary/aromatic N) is 1. The van der Waals surface area contributed by atoms with Gasteiger partial charge in [0.15, 0.2) is 0 Å². The predicted octanol–water partition coefficient (Wildman–Crippen LogP) is 5.61. The Labute approximate surface area is 195 Å². The summed E-state index contributed by atoms with van der Waals surface area (Å²) in [6.07, 6.45) is 0. The van der Waals surface area contributed by atoms with Crippen LogP contribution in [0.15, 0.2) is 66.2 Å². The molecule has 1 aliphatic heterocycles. The van der Waals surface area contributed by atoms with E-state index >= 15 is 0 Å². The number of aliphatic hydroxyl groups excluding tert-OH is 1. The Hall–Kier alpha value is -4.00. The van der Waals surface area contributed by atoms with Crippen molar-refractivity contribution in [3.8, 4) is 5.75 Å². The van der Waals surface area contributed by atoms with Gasteiger partial charge in [-0.1, -0.05) is 29.8 Å². The van der Waals surface area contributed by atoms with Gasteiger partial charge in [-0.3, -0.25) is 14.5 Å². The average molecular weight is 463 g/mol. The topological polar surface area (TPSA) is 66.8 Å². The van der Waals surface area contributed by atoms with Gasteiger partial charge in [0.2, 0.25) is 0 Å². The number of carbonyl (C=O) groups excluding carboxylic acids is 2. The third-order valence-electron chi connectivity index (χ3n) is 5.72. The number of rotatable bonds is 5. The summed E-state index contributed by atoms with van der Waals surface area (Å²) in [7, 11) is 0. The zero-order valence-corrected chi connectivity index (χ0v) is 18.9. The molecule has 1 amide bonds. The van der Waals surface area contributed by atoms with Crippen LogP contribution in [-0.4, -0.2) is 23.4 Å². The quantitative estimate of drug-likeness (QED) is 0.304. The molecule has 0 aromatic heterocycles. The molecule has 1 heterocycles. The first-order chi connectivity index (χ1) is 16.2. The van der Waals surface area contributed by atoms with Gasteiger partial charge in [0.05, 0.1) is 23.9 Å². The maximum absolute atomic E-state index is 14.7. The fourth-order valence-electron chi connectivity index (χ4n) is 4.18. The Morgan fingerprint density at radius 3 is 2.47 bits per heavy atom. The maximum atomic E-state index is 14.7. The van der Waals surface area contributed by atoms with Crippen LogP contribution in [-0.2, 0) is 9.59 Å². The molecule has 4 rings (SSSR count). The summed E-state index contributed by atoms with van der Waals surface area (Å²) in [5.74, 6) is -3.45. The minimum absolute atomic E-state index is 0.206. The predicted molar refractivity (Wildman–Crippen MR) is 125 cm³/mol. The molecule has 34 heavy (non-hydrogen) atoms. The zero-order chi connectivity index (χ0) is 24.6. The van der Waals surface area contributed by atoms with Crippen LogP contribution < -0.4 is 9.64 Å². The van der Waals surface area contributed by atoms with E-state index < -0.39 is 35.1 Å². The second-order valence-corrected chi connectivity index (χ2v) is 8.09. The molecule has 1 atom stereocenters. The number of anilines is 1. The van der Waals surface area contributed by atoms with Crippen LogP contribution in [0.5, 0.6) is 5.75 Å². The van der Waals surface area contributed by atoms with Crippen LogP contribution >= 0.6 is 0 Å². The van der Waals surface area contributed by atoms with Gasteiger partial charge in [-0.15, -0.1) is 0 Å². The van der Waals surface area contributed by atoms with E-state index in [0.29, 0.717) is 23.5 Å². The van der Waals surface area contributed by atoms with Crippen LogP contribution in [0.3, 0.4) is 0 Å². The fourth-order valence-corrected chi connectivity index (χ4v) is 4.18. The number of hydrogen-bond donors (Lipinski definition) is 1. The molecular weight excluding hydrogens is 440 g/mol. The van der Waals surface area contributed by atoms with Crippen molar-refractivity contribution in [2.45, 2.75) is 26.8 Å². The van der Waals surface area contributed by atoms with E-state index in [4.69, 9.17) is 4.74 Å². The van der Waals surface area contributed by atoms with Gasteiger partial charge >= 0.3 is 0 Å². The standard InChI is InChI=1S/C27H23F2NO4/c1-4-34-22-11-8-18(13-16(22)3)25(31)23-24(17-7-5-6-15(2)12-17)30(27(33)26(23)32)21-14-19(28)9-10-20(21)29/h5-14,24,31H,4H2,1-3H3/b25-23+. The summed E-state index contributed by atoms with van der Waals surface area (Å²) in [6, 6.07) is 13.4. The number of carbonyl (C=O) groups is 2. The number of ether oxygens (including phenoxy) is 1. The number of ketones is 1. The fraction of sp³-hybridized carbons (Fsp3) is 0.185. The van der Waals surface area contributed by atoms with E-state index in [1.807, 2.05) is 19.9 Å². The highest BCUT2D eigenvalue weighted by atomic mass is 19.1.